The van der Waals surface area contributed by atoms with Crippen molar-refractivity contribution in [1.29, 1.82) is 0 Å². The number of ketones is 1. The Morgan fingerprint density at radius 3 is 2.82 bits per heavy atom. The van der Waals surface area contributed by atoms with E-state index < -0.39 is 0 Å². The Bertz CT molecular complexity index is 517. The lowest BCUT2D eigenvalue weighted by molar-refractivity contribution is 0.0983. The third-order valence-corrected chi connectivity index (χ3v) is 3.85. The molecule has 2 aromatic rings. The quantitative estimate of drug-likeness (QED) is 0.742. The second kappa shape index (κ2) is 5.48. The average molecular weight is 265 g/mol. The van der Waals surface area contributed by atoms with Crippen molar-refractivity contribution in [2.45, 2.75) is 19.8 Å². The molecule has 0 unspecified atom stereocenters. The fraction of sp³-hybridized carbons (Fsp3) is 0.214. The number of rotatable bonds is 4. The van der Waals surface area contributed by atoms with Gasteiger partial charge in [0, 0.05) is 17.0 Å². The molecule has 1 heterocycles. The van der Waals surface area contributed by atoms with Crippen LogP contribution in [0.25, 0.3) is 0 Å². The number of halogens is 1. The average Bonchev–Trinajstić information content (AvgIpc) is 2.82. The lowest BCUT2D eigenvalue weighted by atomic mass is 10.0. The third-order valence-electron chi connectivity index (χ3n) is 2.71. The number of aryl methyl sites for hydroxylation is 2. The van der Waals surface area contributed by atoms with Gasteiger partial charge in [-0.15, -0.1) is 0 Å². The van der Waals surface area contributed by atoms with Gasteiger partial charge in [0.25, 0.3) is 0 Å². The number of hydrogen-bond donors (Lipinski definition) is 0. The summed E-state index contributed by atoms with van der Waals surface area (Å²) < 4.78 is 0. The first kappa shape index (κ1) is 12.3. The molecule has 0 saturated heterocycles. The number of thiophene rings is 1. The van der Waals surface area contributed by atoms with E-state index in [1.165, 1.54) is 5.56 Å². The number of hydrogen-bond acceptors (Lipinski definition) is 2. The highest BCUT2D eigenvalue weighted by atomic mass is 35.5. The highest BCUT2D eigenvalue weighted by molar-refractivity contribution is 7.07. The standard InChI is InChI=1S/C14H13ClOS/c1-10-2-4-12(8-13(10)15)14(16)5-3-11-6-7-17-9-11/h2,4,6-9H,3,5H2,1H3. The van der Waals surface area contributed by atoms with E-state index in [1.807, 2.05) is 24.4 Å². The Kier molecular flexibility index (Phi) is 3.97. The first-order valence-corrected chi connectivity index (χ1v) is 6.79. The van der Waals surface area contributed by atoms with Gasteiger partial charge in [-0.25, -0.2) is 0 Å². The number of benzene rings is 1. The molecule has 0 aliphatic rings. The van der Waals surface area contributed by atoms with Crippen molar-refractivity contribution in [1.82, 2.24) is 0 Å². The van der Waals surface area contributed by atoms with Crippen molar-refractivity contribution in [3.05, 3.63) is 56.7 Å². The summed E-state index contributed by atoms with van der Waals surface area (Å²) in [5.74, 6) is 0.151. The molecule has 0 spiro atoms. The van der Waals surface area contributed by atoms with Crippen molar-refractivity contribution >= 4 is 28.7 Å². The van der Waals surface area contributed by atoms with E-state index in [0.29, 0.717) is 17.0 Å². The molecule has 88 valence electrons. The van der Waals surface area contributed by atoms with Crippen molar-refractivity contribution in [2.24, 2.45) is 0 Å². The SMILES string of the molecule is Cc1ccc(C(=O)CCc2ccsc2)cc1Cl. The largest absolute Gasteiger partial charge is 0.294 e. The minimum atomic E-state index is 0.151. The minimum absolute atomic E-state index is 0.151. The first-order chi connectivity index (χ1) is 8.16. The molecule has 1 aromatic carbocycles. The topological polar surface area (TPSA) is 17.1 Å². The Hall–Kier alpha value is -1.12. The molecule has 2 rings (SSSR count). The smallest absolute Gasteiger partial charge is 0.163 e. The van der Waals surface area contributed by atoms with Crippen LogP contribution in [0.2, 0.25) is 5.02 Å². The molecule has 0 bridgehead atoms. The molecule has 1 aromatic heterocycles. The Balaban J connectivity index is 2.02. The van der Waals surface area contributed by atoms with Crippen LogP contribution in [-0.4, -0.2) is 5.78 Å². The van der Waals surface area contributed by atoms with Crippen LogP contribution in [0.15, 0.2) is 35.0 Å². The molecule has 0 radical (unpaired) electrons. The van der Waals surface area contributed by atoms with Crippen molar-refractivity contribution in [3.8, 4) is 0 Å². The maximum absolute atomic E-state index is 11.9. The maximum atomic E-state index is 11.9. The van der Waals surface area contributed by atoms with E-state index in [4.69, 9.17) is 11.6 Å². The van der Waals surface area contributed by atoms with Crippen LogP contribution in [0.1, 0.15) is 27.9 Å². The lowest BCUT2D eigenvalue weighted by Crippen LogP contribution is -2.01. The summed E-state index contributed by atoms with van der Waals surface area (Å²) in [6, 6.07) is 7.55. The fourth-order valence-electron chi connectivity index (χ4n) is 1.60. The minimum Gasteiger partial charge on any atom is -0.294 e. The molecule has 3 heteroatoms. The van der Waals surface area contributed by atoms with Crippen LogP contribution in [0.3, 0.4) is 0 Å². The van der Waals surface area contributed by atoms with E-state index in [2.05, 4.69) is 11.4 Å². The molecule has 0 N–H and O–H groups in total. The second-order valence-corrected chi connectivity index (χ2v) is 5.21. The molecule has 0 atom stereocenters. The van der Waals surface area contributed by atoms with Gasteiger partial charge >= 0.3 is 0 Å². The molecule has 0 aliphatic carbocycles. The van der Waals surface area contributed by atoms with Gasteiger partial charge in [0.1, 0.15) is 0 Å². The number of Topliss-reactive ketones (excluding diaryl/α,β-unsaturated/α-hetero) is 1. The number of carbonyl (C=O) groups is 1. The molecule has 0 amide bonds. The Labute approximate surface area is 110 Å². The van der Waals surface area contributed by atoms with Crippen molar-refractivity contribution in [3.63, 3.8) is 0 Å². The van der Waals surface area contributed by atoms with Crippen molar-refractivity contribution < 1.29 is 4.79 Å². The zero-order valence-electron chi connectivity index (χ0n) is 9.57. The predicted molar refractivity (Wildman–Crippen MR) is 73.2 cm³/mol. The zero-order valence-corrected chi connectivity index (χ0v) is 11.1. The van der Waals surface area contributed by atoms with E-state index in [0.717, 1.165) is 12.0 Å². The maximum Gasteiger partial charge on any atom is 0.163 e. The summed E-state index contributed by atoms with van der Waals surface area (Å²) in [4.78, 5) is 11.9. The number of carbonyl (C=O) groups excluding carboxylic acids is 1. The van der Waals surface area contributed by atoms with Gasteiger partial charge in [-0.2, -0.15) is 11.3 Å². The molecular weight excluding hydrogens is 252 g/mol. The summed E-state index contributed by atoms with van der Waals surface area (Å²) >= 11 is 7.67. The van der Waals surface area contributed by atoms with E-state index >= 15 is 0 Å². The molecule has 0 saturated carbocycles. The van der Waals surface area contributed by atoms with E-state index in [-0.39, 0.29) is 5.78 Å². The molecular formula is C14H13ClOS. The van der Waals surface area contributed by atoms with E-state index in [9.17, 15) is 4.79 Å². The fourth-order valence-corrected chi connectivity index (χ4v) is 2.49. The van der Waals surface area contributed by atoms with Crippen LogP contribution < -0.4 is 0 Å². The first-order valence-electron chi connectivity index (χ1n) is 5.47. The normalized spacial score (nSPS) is 10.5. The summed E-state index contributed by atoms with van der Waals surface area (Å²) in [5, 5.41) is 4.77. The highest BCUT2D eigenvalue weighted by Gasteiger charge is 2.07. The summed E-state index contributed by atoms with van der Waals surface area (Å²) in [5.41, 5.74) is 2.93. The van der Waals surface area contributed by atoms with Gasteiger partial charge in [-0.05, 0) is 47.4 Å². The molecule has 0 aliphatic heterocycles. The summed E-state index contributed by atoms with van der Waals surface area (Å²) in [6.45, 7) is 1.93. The predicted octanol–water partition coefficient (Wildman–Crippen LogP) is 4.53. The Morgan fingerprint density at radius 2 is 2.18 bits per heavy atom. The van der Waals surface area contributed by atoms with Gasteiger partial charge in [0.05, 0.1) is 0 Å². The molecule has 1 nitrogen and oxygen atoms in total. The van der Waals surface area contributed by atoms with Crippen molar-refractivity contribution in [2.75, 3.05) is 0 Å². The summed E-state index contributed by atoms with van der Waals surface area (Å²) in [7, 11) is 0. The zero-order chi connectivity index (χ0) is 12.3. The van der Waals surface area contributed by atoms with Crippen LogP contribution in [0.5, 0.6) is 0 Å². The third kappa shape index (κ3) is 3.18. The summed E-state index contributed by atoms with van der Waals surface area (Å²) in [6.07, 6.45) is 1.34. The highest BCUT2D eigenvalue weighted by Crippen LogP contribution is 2.18. The molecule has 0 fully saturated rings. The lowest BCUT2D eigenvalue weighted by Gasteiger charge is -2.03. The van der Waals surface area contributed by atoms with Crippen LogP contribution >= 0.6 is 22.9 Å². The van der Waals surface area contributed by atoms with Crippen LogP contribution in [0, 0.1) is 6.92 Å². The molecule has 17 heavy (non-hydrogen) atoms. The van der Waals surface area contributed by atoms with Gasteiger partial charge in [0.15, 0.2) is 5.78 Å². The van der Waals surface area contributed by atoms with Crippen LogP contribution in [-0.2, 0) is 6.42 Å². The Morgan fingerprint density at radius 1 is 1.35 bits per heavy atom. The van der Waals surface area contributed by atoms with Gasteiger partial charge in [-0.3, -0.25) is 4.79 Å². The van der Waals surface area contributed by atoms with Gasteiger partial charge in [-0.1, -0.05) is 23.7 Å². The van der Waals surface area contributed by atoms with Gasteiger partial charge < -0.3 is 0 Å². The van der Waals surface area contributed by atoms with Crippen LogP contribution in [0.4, 0.5) is 0 Å². The van der Waals surface area contributed by atoms with E-state index in [1.54, 1.807) is 17.4 Å². The monoisotopic (exact) mass is 264 g/mol. The second-order valence-electron chi connectivity index (χ2n) is 4.02. The van der Waals surface area contributed by atoms with Gasteiger partial charge in [0.2, 0.25) is 0 Å².